The lowest BCUT2D eigenvalue weighted by Crippen LogP contribution is -1.82. The summed E-state index contributed by atoms with van der Waals surface area (Å²) in [6.07, 6.45) is 9.01. The third kappa shape index (κ3) is 5.90. The second kappa shape index (κ2) is 6.84. The number of rotatable bonds is 5. The van der Waals surface area contributed by atoms with Crippen molar-refractivity contribution in [3.05, 3.63) is 23.8 Å². The Balaban J connectivity index is 4.07. The van der Waals surface area contributed by atoms with Crippen molar-refractivity contribution in [2.45, 2.75) is 40.0 Å². The zero-order chi connectivity index (χ0) is 9.40. The van der Waals surface area contributed by atoms with Crippen LogP contribution in [0.1, 0.15) is 40.0 Å². The van der Waals surface area contributed by atoms with Gasteiger partial charge in [-0.1, -0.05) is 38.0 Å². The first-order valence-electron chi connectivity index (χ1n) is 4.58. The number of carbonyl (C=O) groups is 1. The van der Waals surface area contributed by atoms with Crippen LogP contribution in [0, 0.1) is 0 Å². The Morgan fingerprint density at radius 1 is 1.25 bits per heavy atom. The molecular weight excluding hydrogens is 148 g/mol. The first kappa shape index (κ1) is 11.2. The van der Waals surface area contributed by atoms with Crippen molar-refractivity contribution in [1.82, 2.24) is 0 Å². The highest BCUT2D eigenvalue weighted by Crippen LogP contribution is 2.05. The van der Waals surface area contributed by atoms with E-state index in [0.29, 0.717) is 0 Å². The third-order valence-corrected chi connectivity index (χ3v) is 1.64. The topological polar surface area (TPSA) is 17.1 Å². The fourth-order valence-electron chi connectivity index (χ4n) is 0.884. The van der Waals surface area contributed by atoms with E-state index in [0.717, 1.165) is 19.3 Å². The van der Waals surface area contributed by atoms with Gasteiger partial charge < -0.3 is 0 Å². The van der Waals surface area contributed by atoms with Crippen LogP contribution >= 0.6 is 0 Å². The highest BCUT2D eigenvalue weighted by atomic mass is 16.1. The van der Waals surface area contributed by atoms with Crippen molar-refractivity contribution in [2.75, 3.05) is 0 Å². The summed E-state index contributed by atoms with van der Waals surface area (Å²) in [6, 6.07) is 0. The second-order valence-electron chi connectivity index (χ2n) is 2.87. The summed E-state index contributed by atoms with van der Waals surface area (Å²) in [6.45, 7) is 5.83. The molecule has 0 saturated heterocycles. The average molecular weight is 166 g/mol. The lowest BCUT2D eigenvalue weighted by atomic mass is 10.1. The van der Waals surface area contributed by atoms with Crippen molar-refractivity contribution in [3.8, 4) is 0 Å². The summed E-state index contributed by atoms with van der Waals surface area (Å²) < 4.78 is 0. The largest absolute Gasteiger partial charge is 0.295 e. The van der Waals surface area contributed by atoms with Gasteiger partial charge in [0.15, 0.2) is 5.78 Å². The Bertz CT molecular complexity index is 187. The fourth-order valence-corrected chi connectivity index (χ4v) is 0.884. The van der Waals surface area contributed by atoms with Gasteiger partial charge in [-0.25, -0.2) is 0 Å². The Morgan fingerprint density at radius 3 is 2.33 bits per heavy atom. The Kier molecular flexibility index (Phi) is 6.35. The lowest BCUT2D eigenvalue weighted by Gasteiger charge is -1.95. The number of hydrogen-bond donors (Lipinski definition) is 0. The van der Waals surface area contributed by atoms with E-state index in [1.807, 2.05) is 6.08 Å². The maximum Gasteiger partial charge on any atom is 0.152 e. The molecule has 0 aliphatic carbocycles. The van der Waals surface area contributed by atoms with Gasteiger partial charge in [0.2, 0.25) is 0 Å². The SMILES string of the molecule is CCCC=C(C=CC(C)=O)CC. The molecule has 0 N–H and O–H groups in total. The molecule has 0 fully saturated rings. The van der Waals surface area contributed by atoms with Gasteiger partial charge in [-0.2, -0.15) is 0 Å². The average Bonchev–Trinajstić information content (AvgIpc) is 2.05. The molecule has 0 amide bonds. The number of ketones is 1. The van der Waals surface area contributed by atoms with Gasteiger partial charge in [-0.15, -0.1) is 0 Å². The number of allylic oxidation sites excluding steroid dienone is 4. The van der Waals surface area contributed by atoms with Crippen molar-refractivity contribution < 1.29 is 4.79 Å². The molecule has 1 nitrogen and oxygen atoms in total. The predicted molar refractivity (Wildman–Crippen MR) is 53.1 cm³/mol. The molecule has 0 unspecified atom stereocenters. The smallest absolute Gasteiger partial charge is 0.152 e. The van der Waals surface area contributed by atoms with Crippen molar-refractivity contribution in [1.29, 1.82) is 0 Å². The minimum Gasteiger partial charge on any atom is -0.295 e. The molecule has 0 spiro atoms. The highest BCUT2D eigenvalue weighted by molar-refractivity contribution is 5.87. The van der Waals surface area contributed by atoms with Crippen LogP contribution < -0.4 is 0 Å². The van der Waals surface area contributed by atoms with Crippen LogP contribution in [0.2, 0.25) is 0 Å². The molecule has 0 aliphatic rings. The summed E-state index contributed by atoms with van der Waals surface area (Å²) in [5.74, 6) is 0.117. The molecule has 0 atom stereocenters. The highest BCUT2D eigenvalue weighted by Gasteiger charge is 1.88. The van der Waals surface area contributed by atoms with Gasteiger partial charge in [0.25, 0.3) is 0 Å². The minimum atomic E-state index is 0.117. The number of unbranched alkanes of at least 4 members (excludes halogenated alkanes) is 1. The minimum absolute atomic E-state index is 0.117. The zero-order valence-electron chi connectivity index (χ0n) is 8.26. The summed E-state index contributed by atoms with van der Waals surface area (Å²) in [4.78, 5) is 10.6. The lowest BCUT2D eigenvalue weighted by molar-refractivity contribution is -0.112. The van der Waals surface area contributed by atoms with Crippen LogP contribution in [0.3, 0.4) is 0 Å². The monoisotopic (exact) mass is 166 g/mol. The van der Waals surface area contributed by atoms with Crippen LogP contribution in [-0.4, -0.2) is 5.78 Å². The molecular formula is C11H18O. The van der Waals surface area contributed by atoms with Gasteiger partial charge in [0.05, 0.1) is 0 Å². The summed E-state index contributed by atoms with van der Waals surface area (Å²) in [5, 5.41) is 0. The van der Waals surface area contributed by atoms with E-state index in [-0.39, 0.29) is 5.78 Å². The van der Waals surface area contributed by atoms with E-state index in [2.05, 4.69) is 19.9 Å². The van der Waals surface area contributed by atoms with E-state index in [4.69, 9.17) is 0 Å². The van der Waals surface area contributed by atoms with E-state index in [1.54, 1.807) is 13.0 Å². The van der Waals surface area contributed by atoms with Gasteiger partial charge in [-0.05, 0) is 25.8 Å². The molecule has 0 saturated carbocycles. The zero-order valence-corrected chi connectivity index (χ0v) is 8.26. The quantitative estimate of drug-likeness (QED) is 0.452. The van der Waals surface area contributed by atoms with E-state index in [9.17, 15) is 4.79 Å². The first-order valence-corrected chi connectivity index (χ1v) is 4.58. The molecule has 0 bridgehead atoms. The molecule has 0 aromatic carbocycles. The van der Waals surface area contributed by atoms with E-state index >= 15 is 0 Å². The van der Waals surface area contributed by atoms with Crippen molar-refractivity contribution >= 4 is 5.78 Å². The molecule has 0 rings (SSSR count). The molecule has 0 aromatic heterocycles. The normalized spacial score (nSPS) is 12.4. The first-order chi connectivity index (χ1) is 5.70. The summed E-state index contributed by atoms with van der Waals surface area (Å²) >= 11 is 0. The maximum atomic E-state index is 10.6. The van der Waals surface area contributed by atoms with Gasteiger partial charge >= 0.3 is 0 Å². The van der Waals surface area contributed by atoms with Crippen molar-refractivity contribution in [3.63, 3.8) is 0 Å². The summed E-state index contributed by atoms with van der Waals surface area (Å²) in [7, 11) is 0. The van der Waals surface area contributed by atoms with E-state index < -0.39 is 0 Å². The van der Waals surface area contributed by atoms with Gasteiger partial charge in [0, 0.05) is 0 Å². The fraction of sp³-hybridized carbons (Fsp3) is 0.545. The molecule has 0 aliphatic heterocycles. The maximum absolute atomic E-state index is 10.6. The standard InChI is InChI=1S/C11H18O/c1-4-6-7-11(5-2)9-8-10(3)12/h7-9H,4-6H2,1-3H3. The molecule has 12 heavy (non-hydrogen) atoms. The van der Waals surface area contributed by atoms with Gasteiger partial charge in [0.1, 0.15) is 0 Å². The molecule has 0 radical (unpaired) electrons. The van der Waals surface area contributed by atoms with E-state index in [1.165, 1.54) is 5.57 Å². The van der Waals surface area contributed by atoms with Crippen molar-refractivity contribution in [2.24, 2.45) is 0 Å². The third-order valence-electron chi connectivity index (χ3n) is 1.64. The Morgan fingerprint density at radius 2 is 1.92 bits per heavy atom. The van der Waals surface area contributed by atoms with Crippen LogP contribution in [0.5, 0.6) is 0 Å². The van der Waals surface area contributed by atoms with Crippen LogP contribution in [-0.2, 0) is 4.79 Å². The predicted octanol–water partition coefficient (Wildman–Crippen LogP) is 3.27. The second-order valence-corrected chi connectivity index (χ2v) is 2.87. The number of hydrogen-bond acceptors (Lipinski definition) is 1. The molecule has 68 valence electrons. The van der Waals surface area contributed by atoms with Gasteiger partial charge in [-0.3, -0.25) is 4.79 Å². The van der Waals surface area contributed by atoms with Crippen LogP contribution in [0.4, 0.5) is 0 Å². The molecule has 1 heteroatoms. The summed E-state index contributed by atoms with van der Waals surface area (Å²) in [5.41, 5.74) is 1.26. The van der Waals surface area contributed by atoms with Crippen LogP contribution in [0.15, 0.2) is 23.8 Å². The molecule has 0 heterocycles. The molecule has 0 aromatic rings. The Hall–Kier alpha value is -0.850. The van der Waals surface area contributed by atoms with Crippen LogP contribution in [0.25, 0.3) is 0 Å². The number of carbonyl (C=O) groups excluding carboxylic acids is 1. The Labute approximate surface area is 75.2 Å².